The Hall–Kier alpha value is -1.27. The molecule has 0 aliphatic rings. The maximum atomic E-state index is 12.0. The molecular weight excluding hydrogens is 326 g/mol. The molecule has 0 fully saturated rings. The van der Waals surface area contributed by atoms with Crippen LogP contribution in [0.15, 0.2) is 41.0 Å². The number of benzene rings is 1. The molecule has 2 N–H and O–H groups in total. The Labute approximate surface area is 124 Å². The topological polar surface area (TPSA) is 57.8 Å². The molecule has 1 aromatic carbocycles. The Balaban J connectivity index is 1.84. The van der Waals surface area contributed by atoms with Crippen LogP contribution in [0.2, 0.25) is 0 Å². The summed E-state index contributed by atoms with van der Waals surface area (Å²) in [6.07, 6.45) is 1.61. The van der Waals surface area contributed by atoms with E-state index in [1.807, 2.05) is 25.1 Å². The number of rotatable bonds is 5. The van der Waals surface area contributed by atoms with Gasteiger partial charge < -0.3 is 5.32 Å². The molecule has 6 heteroatoms. The van der Waals surface area contributed by atoms with Gasteiger partial charge in [0.25, 0.3) is 0 Å². The number of aromatic nitrogens is 2. The van der Waals surface area contributed by atoms with Crippen LogP contribution < -0.4 is 5.32 Å². The van der Waals surface area contributed by atoms with E-state index in [0.717, 1.165) is 10.2 Å². The van der Waals surface area contributed by atoms with Crippen LogP contribution >= 0.6 is 27.7 Å². The summed E-state index contributed by atoms with van der Waals surface area (Å²) in [5.74, 6) is 1.38. The van der Waals surface area contributed by atoms with Gasteiger partial charge in [-0.05, 0) is 28.4 Å². The van der Waals surface area contributed by atoms with Crippen LogP contribution in [0.1, 0.15) is 12.5 Å². The van der Waals surface area contributed by atoms with Gasteiger partial charge in [0, 0.05) is 5.75 Å². The van der Waals surface area contributed by atoms with E-state index in [9.17, 15) is 4.79 Å². The van der Waals surface area contributed by atoms with Crippen LogP contribution in [0.3, 0.4) is 0 Å². The fraction of sp³-hybridized carbons (Fsp3) is 0.231. The van der Waals surface area contributed by atoms with E-state index in [2.05, 4.69) is 43.6 Å². The predicted molar refractivity (Wildman–Crippen MR) is 82.1 cm³/mol. The van der Waals surface area contributed by atoms with Gasteiger partial charge in [-0.2, -0.15) is 5.10 Å². The second-order valence-corrected chi connectivity index (χ2v) is 6.20. The number of H-pyrrole nitrogens is 1. The zero-order valence-corrected chi connectivity index (χ0v) is 12.8. The summed E-state index contributed by atoms with van der Waals surface area (Å²) in [5, 5.41) is 9.23. The van der Waals surface area contributed by atoms with E-state index in [-0.39, 0.29) is 11.2 Å². The minimum absolute atomic E-state index is 0.0362. The lowest BCUT2D eigenvalue weighted by molar-refractivity contribution is -0.115. The summed E-state index contributed by atoms with van der Waals surface area (Å²) in [7, 11) is 0. The number of aromatic amines is 1. The number of carbonyl (C=O) groups is 1. The lowest BCUT2D eigenvalue weighted by Gasteiger charge is -2.11. The van der Waals surface area contributed by atoms with Crippen LogP contribution in [-0.4, -0.2) is 21.4 Å². The summed E-state index contributed by atoms with van der Waals surface area (Å²) in [4.78, 5) is 12.0. The molecule has 0 aliphatic heterocycles. The first kappa shape index (κ1) is 14.1. The lowest BCUT2D eigenvalue weighted by atomic mass is 10.2. The summed E-state index contributed by atoms with van der Waals surface area (Å²) in [5.41, 5.74) is 1.22. The van der Waals surface area contributed by atoms with Crippen molar-refractivity contribution in [3.05, 3.63) is 46.6 Å². The van der Waals surface area contributed by atoms with E-state index in [4.69, 9.17) is 0 Å². The molecule has 100 valence electrons. The highest BCUT2D eigenvalue weighted by Crippen LogP contribution is 2.21. The molecule has 0 saturated heterocycles. The van der Waals surface area contributed by atoms with Gasteiger partial charge in [0.1, 0.15) is 5.82 Å². The standard InChI is InChI=1S/C13H14BrN3OS/c1-9(19-8-10-5-3-2-4-6-10)13(18)16-12-11(14)7-15-17-12/h2-7,9H,8H2,1H3,(H2,15,16,17,18)/t9-/m1/s1. The molecule has 1 amide bonds. The monoisotopic (exact) mass is 339 g/mol. The highest BCUT2D eigenvalue weighted by molar-refractivity contribution is 9.10. The third-order valence-corrected chi connectivity index (χ3v) is 4.37. The van der Waals surface area contributed by atoms with Crippen molar-refractivity contribution in [3.63, 3.8) is 0 Å². The Bertz CT molecular complexity index is 544. The van der Waals surface area contributed by atoms with Gasteiger partial charge in [-0.3, -0.25) is 9.89 Å². The molecule has 1 heterocycles. The van der Waals surface area contributed by atoms with Crippen molar-refractivity contribution in [2.24, 2.45) is 0 Å². The highest BCUT2D eigenvalue weighted by Gasteiger charge is 2.15. The number of nitrogens with one attached hydrogen (secondary N) is 2. The largest absolute Gasteiger partial charge is 0.309 e. The minimum Gasteiger partial charge on any atom is -0.309 e. The predicted octanol–water partition coefficient (Wildman–Crippen LogP) is 3.43. The smallest absolute Gasteiger partial charge is 0.238 e. The fourth-order valence-corrected chi connectivity index (χ4v) is 2.59. The first-order valence-electron chi connectivity index (χ1n) is 5.82. The molecule has 0 spiro atoms. The molecule has 0 aliphatic carbocycles. The van der Waals surface area contributed by atoms with Gasteiger partial charge in [-0.1, -0.05) is 30.3 Å². The summed E-state index contributed by atoms with van der Waals surface area (Å²) < 4.78 is 0.751. The highest BCUT2D eigenvalue weighted by atomic mass is 79.9. The average Bonchev–Trinajstić information content (AvgIpc) is 2.82. The lowest BCUT2D eigenvalue weighted by Crippen LogP contribution is -2.23. The quantitative estimate of drug-likeness (QED) is 0.877. The molecule has 0 saturated carbocycles. The van der Waals surface area contributed by atoms with Crippen LogP contribution in [0, 0.1) is 0 Å². The van der Waals surface area contributed by atoms with Crippen LogP contribution in [0.25, 0.3) is 0 Å². The molecule has 19 heavy (non-hydrogen) atoms. The van der Waals surface area contributed by atoms with Crippen LogP contribution in [0.4, 0.5) is 5.82 Å². The maximum Gasteiger partial charge on any atom is 0.238 e. The number of hydrogen-bond donors (Lipinski definition) is 2. The van der Waals surface area contributed by atoms with Gasteiger partial charge >= 0.3 is 0 Å². The molecule has 1 aromatic heterocycles. The van der Waals surface area contributed by atoms with E-state index in [0.29, 0.717) is 5.82 Å². The van der Waals surface area contributed by atoms with Gasteiger partial charge in [0.05, 0.1) is 15.9 Å². The summed E-state index contributed by atoms with van der Waals surface area (Å²) in [6.45, 7) is 1.90. The third-order valence-electron chi connectivity index (χ3n) is 2.55. The van der Waals surface area contributed by atoms with E-state index in [1.54, 1.807) is 18.0 Å². The Kier molecular flexibility index (Phi) is 5.04. The molecule has 0 bridgehead atoms. The number of hydrogen-bond acceptors (Lipinski definition) is 3. The third kappa shape index (κ3) is 4.11. The first-order chi connectivity index (χ1) is 9.16. The SMILES string of the molecule is C[C@@H](SCc1ccccc1)C(=O)Nc1[nH]ncc1Br. The number of halogens is 1. The molecule has 1 atom stereocenters. The Morgan fingerprint density at radius 2 is 2.21 bits per heavy atom. The minimum atomic E-state index is -0.129. The van der Waals surface area contributed by atoms with Gasteiger partial charge in [-0.15, -0.1) is 11.8 Å². The summed E-state index contributed by atoms with van der Waals surface area (Å²) in [6, 6.07) is 10.1. The second-order valence-electron chi connectivity index (χ2n) is 4.02. The van der Waals surface area contributed by atoms with E-state index < -0.39 is 0 Å². The van der Waals surface area contributed by atoms with Crippen molar-refractivity contribution >= 4 is 39.4 Å². The van der Waals surface area contributed by atoms with Crippen molar-refractivity contribution in [2.75, 3.05) is 5.32 Å². The molecular formula is C13H14BrN3OS. The van der Waals surface area contributed by atoms with Gasteiger partial charge in [0.15, 0.2) is 0 Å². The van der Waals surface area contributed by atoms with Crippen LogP contribution in [-0.2, 0) is 10.5 Å². The zero-order chi connectivity index (χ0) is 13.7. The molecule has 2 rings (SSSR count). The first-order valence-corrected chi connectivity index (χ1v) is 7.66. The van der Waals surface area contributed by atoms with Crippen molar-refractivity contribution in [1.29, 1.82) is 0 Å². The number of nitrogens with zero attached hydrogens (tertiary/aromatic N) is 1. The van der Waals surface area contributed by atoms with Crippen molar-refractivity contribution < 1.29 is 4.79 Å². The van der Waals surface area contributed by atoms with Crippen LogP contribution in [0.5, 0.6) is 0 Å². The summed E-state index contributed by atoms with van der Waals surface area (Å²) >= 11 is 4.91. The van der Waals surface area contributed by atoms with Crippen molar-refractivity contribution in [2.45, 2.75) is 17.9 Å². The van der Waals surface area contributed by atoms with Crippen molar-refractivity contribution in [1.82, 2.24) is 10.2 Å². The Morgan fingerprint density at radius 1 is 1.47 bits per heavy atom. The zero-order valence-electron chi connectivity index (χ0n) is 10.4. The fourth-order valence-electron chi connectivity index (χ4n) is 1.46. The van der Waals surface area contributed by atoms with E-state index >= 15 is 0 Å². The molecule has 0 radical (unpaired) electrons. The number of anilines is 1. The maximum absolute atomic E-state index is 12.0. The molecule has 2 aromatic rings. The van der Waals surface area contributed by atoms with Gasteiger partial charge in [-0.25, -0.2) is 0 Å². The second kappa shape index (κ2) is 6.77. The molecule has 0 unspecified atom stereocenters. The van der Waals surface area contributed by atoms with Gasteiger partial charge in [0.2, 0.25) is 5.91 Å². The Morgan fingerprint density at radius 3 is 2.84 bits per heavy atom. The molecule has 4 nitrogen and oxygen atoms in total. The van der Waals surface area contributed by atoms with E-state index in [1.165, 1.54) is 5.56 Å². The number of carbonyl (C=O) groups excluding carboxylic acids is 1. The number of thioether (sulfide) groups is 1. The normalized spacial score (nSPS) is 12.1. The number of amides is 1. The van der Waals surface area contributed by atoms with Crippen molar-refractivity contribution in [3.8, 4) is 0 Å². The average molecular weight is 340 g/mol.